The molecule has 0 spiro atoms. The van der Waals surface area contributed by atoms with Crippen molar-refractivity contribution < 1.29 is 0 Å². The number of hydrogen-bond acceptors (Lipinski definition) is 0. The third-order valence-corrected chi connectivity index (χ3v) is 3.85. The summed E-state index contributed by atoms with van der Waals surface area (Å²) in [5.74, 6) is 5.40. The van der Waals surface area contributed by atoms with Crippen LogP contribution in [-0.2, 0) is 0 Å². The zero-order valence-corrected chi connectivity index (χ0v) is 7.30. The Bertz CT molecular complexity index is 125. The molecule has 0 aromatic rings. The van der Waals surface area contributed by atoms with E-state index in [4.69, 9.17) is 0 Å². The van der Waals surface area contributed by atoms with Gasteiger partial charge in [-0.05, 0) is 42.4 Å². The molecular weight excluding hydrogens is 120 g/mol. The van der Waals surface area contributed by atoms with Crippen LogP contribution in [0, 0.1) is 29.6 Å². The van der Waals surface area contributed by atoms with Crippen LogP contribution in [-0.4, -0.2) is 0 Å². The fourth-order valence-electron chi connectivity index (χ4n) is 2.76. The third-order valence-electron chi connectivity index (χ3n) is 3.85. The van der Waals surface area contributed by atoms with Gasteiger partial charge in [-0.25, -0.2) is 0 Å². The molecule has 0 aliphatic heterocycles. The van der Waals surface area contributed by atoms with Crippen molar-refractivity contribution in [2.45, 2.75) is 33.6 Å². The molecule has 2 unspecified atom stereocenters. The van der Waals surface area contributed by atoms with E-state index >= 15 is 0 Å². The lowest BCUT2D eigenvalue weighted by molar-refractivity contribution is 0.344. The molecule has 2 rings (SSSR count). The second-order valence-corrected chi connectivity index (χ2v) is 4.66. The van der Waals surface area contributed by atoms with Crippen molar-refractivity contribution >= 4 is 0 Å². The monoisotopic (exact) mass is 138 g/mol. The van der Waals surface area contributed by atoms with E-state index in [1.54, 1.807) is 12.8 Å². The van der Waals surface area contributed by atoms with E-state index in [9.17, 15) is 0 Å². The van der Waals surface area contributed by atoms with Gasteiger partial charge < -0.3 is 0 Å². The van der Waals surface area contributed by atoms with Crippen molar-refractivity contribution in [2.75, 3.05) is 0 Å². The van der Waals surface area contributed by atoms with Crippen LogP contribution in [0.1, 0.15) is 33.6 Å². The molecule has 0 bridgehead atoms. The van der Waals surface area contributed by atoms with Gasteiger partial charge in [0, 0.05) is 0 Å². The van der Waals surface area contributed by atoms with Crippen LogP contribution in [0.2, 0.25) is 0 Å². The SMILES string of the molecule is CC(C)C1CC2C(C)C2C1. The molecule has 2 aliphatic rings. The normalized spacial score (nSPS) is 51.6. The van der Waals surface area contributed by atoms with Gasteiger partial charge in [0.05, 0.1) is 0 Å². The van der Waals surface area contributed by atoms with Gasteiger partial charge in [0.2, 0.25) is 0 Å². The van der Waals surface area contributed by atoms with Gasteiger partial charge in [-0.2, -0.15) is 0 Å². The number of hydrogen-bond donors (Lipinski definition) is 0. The maximum absolute atomic E-state index is 2.42. The van der Waals surface area contributed by atoms with E-state index in [0.717, 1.165) is 29.6 Å². The highest BCUT2D eigenvalue weighted by Gasteiger charge is 2.53. The minimum absolute atomic E-state index is 0.944. The largest absolute Gasteiger partial charge is 0.0625 e. The molecule has 0 heterocycles. The molecular formula is C10H18. The summed E-state index contributed by atoms with van der Waals surface area (Å²) < 4.78 is 0. The van der Waals surface area contributed by atoms with E-state index in [0.29, 0.717) is 0 Å². The molecule has 2 fully saturated rings. The molecule has 2 saturated carbocycles. The van der Waals surface area contributed by atoms with Crippen molar-refractivity contribution in [3.05, 3.63) is 0 Å². The van der Waals surface area contributed by atoms with Crippen LogP contribution < -0.4 is 0 Å². The quantitative estimate of drug-likeness (QED) is 0.522. The van der Waals surface area contributed by atoms with Crippen LogP contribution in [0.5, 0.6) is 0 Å². The first kappa shape index (κ1) is 6.69. The summed E-state index contributed by atoms with van der Waals surface area (Å²) in [5, 5.41) is 0. The molecule has 0 N–H and O–H groups in total. The summed E-state index contributed by atoms with van der Waals surface area (Å²) in [6.45, 7) is 7.17. The van der Waals surface area contributed by atoms with Crippen molar-refractivity contribution in [1.82, 2.24) is 0 Å². The van der Waals surface area contributed by atoms with Crippen LogP contribution in [0.3, 0.4) is 0 Å². The average Bonchev–Trinajstić information content (AvgIpc) is 2.38. The van der Waals surface area contributed by atoms with Gasteiger partial charge in [-0.15, -0.1) is 0 Å². The van der Waals surface area contributed by atoms with E-state index in [1.165, 1.54) is 0 Å². The minimum atomic E-state index is 0.944. The molecule has 0 amide bonds. The van der Waals surface area contributed by atoms with E-state index in [2.05, 4.69) is 20.8 Å². The zero-order chi connectivity index (χ0) is 7.30. The molecule has 0 aromatic heterocycles. The minimum Gasteiger partial charge on any atom is -0.0625 e. The highest BCUT2D eigenvalue weighted by molar-refractivity contribution is 5.02. The number of fused-ring (bicyclic) bond motifs is 1. The highest BCUT2D eigenvalue weighted by atomic mass is 14.6. The smallest absolute Gasteiger partial charge is 0.0352 e. The van der Waals surface area contributed by atoms with E-state index < -0.39 is 0 Å². The lowest BCUT2D eigenvalue weighted by Crippen LogP contribution is -2.06. The lowest BCUT2D eigenvalue weighted by Gasteiger charge is -2.16. The Kier molecular flexibility index (Phi) is 1.33. The third kappa shape index (κ3) is 0.810. The molecule has 10 heavy (non-hydrogen) atoms. The predicted molar refractivity (Wildman–Crippen MR) is 43.7 cm³/mol. The maximum Gasteiger partial charge on any atom is -0.0352 e. The fraction of sp³-hybridized carbons (Fsp3) is 1.00. The molecule has 0 radical (unpaired) electrons. The van der Waals surface area contributed by atoms with Gasteiger partial charge >= 0.3 is 0 Å². The first-order chi connectivity index (χ1) is 4.70. The van der Waals surface area contributed by atoms with Gasteiger partial charge in [0.25, 0.3) is 0 Å². The van der Waals surface area contributed by atoms with Crippen LogP contribution in [0.25, 0.3) is 0 Å². The first-order valence-electron chi connectivity index (χ1n) is 4.70. The summed E-state index contributed by atoms with van der Waals surface area (Å²) in [7, 11) is 0. The Morgan fingerprint density at radius 2 is 1.60 bits per heavy atom. The summed E-state index contributed by atoms with van der Waals surface area (Å²) in [5.41, 5.74) is 0. The molecule has 0 heteroatoms. The van der Waals surface area contributed by atoms with Crippen molar-refractivity contribution in [3.8, 4) is 0 Å². The average molecular weight is 138 g/mol. The molecule has 2 aliphatic carbocycles. The Hall–Kier alpha value is 0. The molecule has 0 aromatic carbocycles. The topological polar surface area (TPSA) is 0 Å². The Balaban J connectivity index is 1.89. The second kappa shape index (κ2) is 1.99. The summed E-state index contributed by atoms with van der Waals surface area (Å²) in [6.07, 6.45) is 3.09. The summed E-state index contributed by atoms with van der Waals surface area (Å²) in [4.78, 5) is 0. The van der Waals surface area contributed by atoms with Gasteiger partial charge in [-0.1, -0.05) is 20.8 Å². The standard InChI is InChI=1S/C10H18/c1-6(2)8-4-9-7(3)10(9)5-8/h6-10H,4-5H2,1-3H3. The van der Waals surface area contributed by atoms with Crippen molar-refractivity contribution in [2.24, 2.45) is 29.6 Å². The maximum atomic E-state index is 2.42. The zero-order valence-electron chi connectivity index (χ0n) is 7.30. The number of rotatable bonds is 1. The van der Waals surface area contributed by atoms with Crippen LogP contribution >= 0.6 is 0 Å². The van der Waals surface area contributed by atoms with Crippen molar-refractivity contribution in [1.29, 1.82) is 0 Å². The van der Waals surface area contributed by atoms with Crippen LogP contribution in [0.15, 0.2) is 0 Å². The summed E-state index contributed by atoms with van der Waals surface area (Å²) >= 11 is 0. The highest BCUT2D eigenvalue weighted by Crippen LogP contribution is 2.60. The van der Waals surface area contributed by atoms with Gasteiger partial charge in [0.1, 0.15) is 0 Å². The lowest BCUT2D eigenvalue weighted by atomic mass is 9.90. The van der Waals surface area contributed by atoms with Crippen LogP contribution in [0.4, 0.5) is 0 Å². The Morgan fingerprint density at radius 3 is 2.00 bits per heavy atom. The van der Waals surface area contributed by atoms with E-state index in [1.807, 2.05) is 0 Å². The molecule has 2 atom stereocenters. The second-order valence-electron chi connectivity index (χ2n) is 4.66. The van der Waals surface area contributed by atoms with Crippen molar-refractivity contribution in [3.63, 3.8) is 0 Å². The molecule has 58 valence electrons. The Labute approximate surface area is 64.0 Å². The fourth-order valence-corrected chi connectivity index (χ4v) is 2.76. The summed E-state index contributed by atoms with van der Waals surface area (Å²) in [6, 6.07) is 0. The van der Waals surface area contributed by atoms with E-state index in [-0.39, 0.29) is 0 Å². The Morgan fingerprint density at radius 1 is 1.10 bits per heavy atom. The first-order valence-corrected chi connectivity index (χ1v) is 4.70. The molecule has 0 nitrogen and oxygen atoms in total. The van der Waals surface area contributed by atoms with Gasteiger partial charge in [0.15, 0.2) is 0 Å². The van der Waals surface area contributed by atoms with Gasteiger partial charge in [-0.3, -0.25) is 0 Å². The molecule has 0 saturated heterocycles. The predicted octanol–water partition coefficient (Wildman–Crippen LogP) is 2.93.